The van der Waals surface area contributed by atoms with Gasteiger partial charge in [0.2, 0.25) is 0 Å². The number of ether oxygens (including phenoxy) is 3. The van der Waals surface area contributed by atoms with Crippen LogP contribution in [0.1, 0.15) is 17.3 Å². The van der Waals surface area contributed by atoms with Crippen molar-refractivity contribution in [2.45, 2.75) is 18.4 Å². The number of aromatic nitrogens is 1. The molecule has 2 aromatic carbocycles. The fraction of sp³-hybridized carbons (Fsp3) is 0.286. The molecule has 0 saturated heterocycles. The van der Waals surface area contributed by atoms with Crippen LogP contribution in [0, 0.1) is 0 Å². The summed E-state index contributed by atoms with van der Waals surface area (Å²) >= 11 is 2.92. The maximum atomic E-state index is 12.8. The van der Waals surface area contributed by atoms with Crippen LogP contribution in [-0.4, -0.2) is 42.5 Å². The summed E-state index contributed by atoms with van der Waals surface area (Å²) in [5.41, 5.74) is 1.22. The lowest BCUT2D eigenvalue weighted by molar-refractivity contribution is -0.143. The highest BCUT2D eigenvalue weighted by Gasteiger charge is 2.18. The van der Waals surface area contributed by atoms with E-state index in [-0.39, 0.29) is 19.1 Å². The molecule has 1 aromatic heterocycles. The Bertz CT molecular complexity index is 1160. The van der Waals surface area contributed by atoms with Crippen LogP contribution in [0.25, 0.3) is 10.2 Å². The predicted octanol–water partition coefficient (Wildman–Crippen LogP) is 3.50. The average molecular weight is 445 g/mol. The van der Waals surface area contributed by atoms with Crippen LogP contribution in [0.15, 0.2) is 46.3 Å². The van der Waals surface area contributed by atoms with Crippen molar-refractivity contribution >= 4 is 45.2 Å². The molecule has 0 bridgehead atoms. The number of carbonyl (C=O) groups is 2. The Kier molecular flexibility index (Phi) is 6.10. The number of carbonyl (C=O) groups excluding carboxylic acids is 2. The zero-order valence-corrected chi connectivity index (χ0v) is 18.2. The summed E-state index contributed by atoms with van der Waals surface area (Å²) in [6.07, 6.45) is 1.98. The van der Waals surface area contributed by atoms with Gasteiger partial charge >= 0.3 is 5.97 Å². The standard InChI is InChI=1S/C21H20N2O5S2/c1-3-26-19(24)12-23-15-10-16-17(28-9-8-27-16)11-18(15)30-21(23)22-20(25)13-4-6-14(29-2)7-5-13/h4-7,10-11H,3,8-9,12H2,1-2H3. The summed E-state index contributed by atoms with van der Waals surface area (Å²) in [7, 11) is 0. The highest BCUT2D eigenvalue weighted by molar-refractivity contribution is 7.98. The van der Waals surface area contributed by atoms with E-state index in [0.717, 1.165) is 15.1 Å². The summed E-state index contributed by atoms with van der Waals surface area (Å²) in [5.74, 6) is 0.480. The number of nitrogens with zero attached hydrogens (tertiary/aromatic N) is 2. The zero-order chi connectivity index (χ0) is 21.1. The largest absolute Gasteiger partial charge is 0.486 e. The molecule has 0 spiro atoms. The molecule has 9 heteroatoms. The Morgan fingerprint density at radius 2 is 1.87 bits per heavy atom. The van der Waals surface area contributed by atoms with Crippen molar-refractivity contribution < 1.29 is 23.8 Å². The van der Waals surface area contributed by atoms with E-state index in [0.29, 0.717) is 35.1 Å². The molecule has 30 heavy (non-hydrogen) atoms. The van der Waals surface area contributed by atoms with Gasteiger partial charge in [0.15, 0.2) is 16.3 Å². The summed E-state index contributed by atoms with van der Waals surface area (Å²) in [4.78, 5) is 30.8. The molecule has 1 aliphatic heterocycles. The maximum Gasteiger partial charge on any atom is 0.326 e. The third kappa shape index (κ3) is 4.22. The smallest absolute Gasteiger partial charge is 0.326 e. The van der Waals surface area contributed by atoms with Crippen LogP contribution in [-0.2, 0) is 16.1 Å². The van der Waals surface area contributed by atoms with Gasteiger partial charge in [-0.2, -0.15) is 4.99 Å². The van der Waals surface area contributed by atoms with E-state index in [2.05, 4.69) is 4.99 Å². The molecule has 0 aliphatic carbocycles. The molecule has 0 atom stereocenters. The maximum absolute atomic E-state index is 12.8. The summed E-state index contributed by atoms with van der Waals surface area (Å²) in [6, 6.07) is 10.9. The van der Waals surface area contributed by atoms with Gasteiger partial charge in [0.1, 0.15) is 19.8 Å². The fourth-order valence-corrected chi connectivity index (χ4v) is 4.51. The quantitative estimate of drug-likeness (QED) is 0.443. The highest BCUT2D eigenvalue weighted by atomic mass is 32.2. The molecule has 4 rings (SSSR count). The van der Waals surface area contributed by atoms with E-state index in [4.69, 9.17) is 14.2 Å². The van der Waals surface area contributed by atoms with E-state index in [1.165, 1.54) is 11.3 Å². The fourth-order valence-electron chi connectivity index (χ4n) is 3.07. The van der Waals surface area contributed by atoms with Gasteiger partial charge in [0.05, 0.1) is 16.8 Å². The van der Waals surface area contributed by atoms with Crippen molar-refractivity contribution in [3.05, 3.63) is 46.8 Å². The second-order valence-electron chi connectivity index (χ2n) is 6.38. The van der Waals surface area contributed by atoms with E-state index in [1.807, 2.05) is 30.5 Å². The van der Waals surface area contributed by atoms with Crippen LogP contribution >= 0.6 is 23.1 Å². The van der Waals surface area contributed by atoms with Crippen molar-refractivity contribution in [1.82, 2.24) is 4.57 Å². The van der Waals surface area contributed by atoms with Gasteiger partial charge in [-0.15, -0.1) is 11.8 Å². The topological polar surface area (TPSA) is 79.1 Å². The van der Waals surface area contributed by atoms with Gasteiger partial charge in [-0.1, -0.05) is 11.3 Å². The van der Waals surface area contributed by atoms with Crippen LogP contribution in [0.2, 0.25) is 0 Å². The molecule has 3 aromatic rings. The Morgan fingerprint density at radius 1 is 1.17 bits per heavy atom. The number of hydrogen-bond donors (Lipinski definition) is 0. The Balaban J connectivity index is 1.80. The average Bonchev–Trinajstić information content (AvgIpc) is 3.08. The number of thioether (sulfide) groups is 1. The van der Waals surface area contributed by atoms with Gasteiger partial charge in [0.25, 0.3) is 5.91 Å². The first-order valence-corrected chi connectivity index (χ1v) is 11.4. The normalized spacial score (nSPS) is 13.5. The Labute approximate surface area is 181 Å². The molecule has 1 amide bonds. The first kappa shape index (κ1) is 20.5. The third-order valence-electron chi connectivity index (χ3n) is 4.47. The van der Waals surface area contributed by atoms with Gasteiger partial charge in [-0.25, -0.2) is 0 Å². The number of thiazole rings is 1. The van der Waals surface area contributed by atoms with E-state index >= 15 is 0 Å². The molecular formula is C21H20N2O5S2. The minimum atomic E-state index is -0.398. The monoisotopic (exact) mass is 444 g/mol. The molecule has 2 heterocycles. The van der Waals surface area contributed by atoms with Gasteiger partial charge in [0, 0.05) is 22.6 Å². The lowest BCUT2D eigenvalue weighted by Crippen LogP contribution is -2.23. The molecule has 0 saturated carbocycles. The zero-order valence-electron chi connectivity index (χ0n) is 16.5. The van der Waals surface area contributed by atoms with E-state index in [9.17, 15) is 9.59 Å². The summed E-state index contributed by atoms with van der Waals surface area (Å²) in [6.45, 7) is 2.92. The Morgan fingerprint density at radius 3 is 2.53 bits per heavy atom. The van der Waals surface area contributed by atoms with Crippen molar-refractivity contribution in [2.75, 3.05) is 26.1 Å². The molecule has 0 N–H and O–H groups in total. The molecular weight excluding hydrogens is 424 g/mol. The van der Waals surface area contributed by atoms with Crippen molar-refractivity contribution in [3.63, 3.8) is 0 Å². The highest BCUT2D eigenvalue weighted by Crippen LogP contribution is 2.35. The number of esters is 1. The minimum Gasteiger partial charge on any atom is -0.486 e. The third-order valence-corrected chi connectivity index (χ3v) is 6.26. The van der Waals surface area contributed by atoms with Gasteiger partial charge in [-0.05, 0) is 37.4 Å². The molecule has 156 valence electrons. The summed E-state index contributed by atoms with van der Waals surface area (Å²) in [5, 5.41) is 0. The van der Waals surface area contributed by atoms with Crippen molar-refractivity contribution in [2.24, 2.45) is 4.99 Å². The first-order chi connectivity index (χ1) is 14.6. The molecule has 1 aliphatic rings. The lowest BCUT2D eigenvalue weighted by atomic mass is 10.2. The van der Waals surface area contributed by atoms with Gasteiger partial charge in [-0.3, -0.25) is 9.59 Å². The van der Waals surface area contributed by atoms with Crippen molar-refractivity contribution in [1.29, 1.82) is 0 Å². The number of hydrogen-bond acceptors (Lipinski definition) is 7. The predicted molar refractivity (Wildman–Crippen MR) is 116 cm³/mol. The molecule has 0 unspecified atom stereocenters. The first-order valence-electron chi connectivity index (χ1n) is 9.40. The number of fused-ring (bicyclic) bond motifs is 2. The Hall–Kier alpha value is -2.78. The second kappa shape index (κ2) is 8.93. The van der Waals surface area contributed by atoms with Crippen LogP contribution in [0.4, 0.5) is 0 Å². The number of amides is 1. The minimum absolute atomic E-state index is 0.0506. The van der Waals surface area contributed by atoms with Crippen molar-refractivity contribution in [3.8, 4) is 11.5 Å². The number of benzene rings is 2. The van der Waals surface area contributed by atoms with E-state index in [1.54, 1.807) is 35.4 Å². The lowest BCUT2D eigenvalue weighted by Gasteiger charge is -2.18. The van der Waals surface area contributed by atoms with Crippen LogP contribution < -0.4 is 14.3 Å². The van der Waals surface area contributed by atoms with Crippen LogP contribution in [0.5, 0.6) is 11.5 Å². The van der Waals surface area contributed by atoms with Gasteiger partial charge < -0.3 is 18.8 Å². The molecule has 0 radical (unpaired) electrons. The SMILES string of the molecule is CCOC(=O)Cn1c(=NC(=O)c2ccc(SC)cc2)sc2cc3c(cc21)OCCO3. The molecule has 0 fully saturated rings. The number of rotatable bonds is 5. The second-order valence-corrected chi connectivity index (χ2v) is 8.27. The van der Waals surface area contributed by atoms with Crippen LogP contribution in [0.3, 0.4) is 0 Å². The van der Waals surface area contributed by atoms with E-state index < -0.39 is 5.97 Å². The molecule has 7 nitrogen and oxygen atoms in total. The summed E-state index contributed by atoms with van der Waals surface area (Å²) < 4.78 is 19.0.